The summed E-state index contributed by atoms with van der Waals surface area (Å²) in [4.78, 5) is 24.2. The second-order valence-electron chi connectivity index (χ2n) is 4.83. The first kappa shape index (κ1) is 17.3. The van der Waals surface area contributed by atoms with Gasteiger partial charge in [0.05, 0.1) is 26.9 Å². The number of Topliss-reactive ketones (excluding diaryl/α,β-unsaturated/α-hetero) is 1. The van der Waals surface area contributed by atoms with E-state index in [-0.39, 0.29) is 18.0 Å². The van der Waals surface area contributed by atoms with Crippen LogP contribution in [0.3, 0.4) is 0 Å². The molecule has 2 aromatic carbocycles. The summed E-state index contributed by atoms with van der Waals surface area (Å²) >= 11 is 0. The third kappa shape index (κ3) is 4.25. The number of ketones is 1. The van der Waals surface area contributed by atoms with Crippen LogP contribution in [0.25, 0.3) is 0 Å². The van der Waals surface area contributed by atoms with Crippen LogP contribution in [0.1, 0.15) is 20.7 Å². The lowest BCUT2D eigenvalue weighted by Gasteiger charge is -2.09. The Bertz CT molecular complexity index is 699. The lowest BCUT2D eigenvalue weighted by molar-refractivity contribution is 0.0474. The van der Waals surface area contributed by atoms with Crippen molar-refractivity contribution in [2.45, 2.75) is 0 Å². The Morgan fingerprint density at radius 1 is 0.750 bits per heavy atom. The monoisotopic (exact) mass is 330 g/mol. The quantitative estimate of drug-likeness (QED) is 0.574. The third-order valence-corrected chi connectivity index (χ3v) is 3.33. The highest BCUT2D eigenvalue weighted by Crippen LogP contribution is 2.23. The van der Waals surface area contributed by atoms with Crippen molar-refractivity contribution >= 4 is 11.8 Å². The molecule has 0 spiro atoms. The molecule has 0 N–H and O–H groups in total. The smallest absolute Gasteiger partial charge is 0.338 e. The van der Waals surface area contributed by atoms with Gasteiger partial charge in [0.2, 0.25) is 0 Å². The van der Waals surface area contributed by atoms with E-state index in [4.69, 9.17) is 18.9 Å². The van der Waals surface area contributed by atoms with Crippen molar-refractivity contribution < 1.29 is 28.5 Å². The Hall–Kier alpha value is -3.02. The molecule has 2 aromatic rings. The maximum Gasteiger partial charge on any atom is 0.338 e. The molecule has 0 amide bonds. The first-order valence-corrected chi connectivity index (χ1v) is 7.15. The molecule has 0 aromatic heterocycles. The summed E-state index contributed by atoms with van der Waals surface area (Å²) in [7, 11) is 4.51. The number of hydrogen-bond acceptors (Lipinski definition) is 6. The molecule has 0 saturated heterocycles. The predicted molar refractivity (Wildman–Crippen MR) is 87.2 cm³/mol. The minimum Gasteiger partial charge on any atom is -0.497 e. The molecular formula is C18H18O6. The highest BCUT2D eigenvalue weighted by molar-refractivity contribution is 5.99. The van der Waals surface area contributed by atoms with Crippen molar-refractivity contribution in [1.82, 2.24) is 0 Å². The molecule has 0 fully saturated rings. The first-order chi connectivity index (χ1) is 11.6. The van der Waals surface area contributed by atoms with Gasteiger partial charge in [0.1, 0.15) is 17.2 Å². The van der Waals surface area contributed by atoms with Gasteiger partial charge in [-0.25, -0.2) is 4.79 Å². The Kier molecular flexibility index (Phi) is 5.78. The van der Waals surface area contributed by atoms with Gasteiger partial charge in [-0.15, -0.1) is 0 Å². The summed E-state index contributed by atoms with van der Waals surface area (Å²) in [6, 6.07) is 11.2. The largest absolute Gasteiger partial charge is 0.497 e. The molecule has 0 saturated carbocycles. The van der Waals surface area contributed by atoms with Crippen molar-refractivity contribution in [3.05, 3.63) is 53.6 Å². The van der Waals surface area contributed by atoms with E-state index in [9.17, 15) is 9.59 Å². The van der Waals surface area contributed by atoms with Gasteiger partial charge in [-0.2, -0.15) is 0 Å². The fourth-order valence-corrected chi connectivity index (χ4v) is 2.00. The van der Waals surface area contributed by atoms with Gasteiger partial charge >= 0.3 is 5.97 Å². The van der Waals surface area contributed by atoms with Gasteiger partial charge < -0.3 is 18.9 Å². The van der Waals surface area contributed by atoms with Crippen LogP contribution in [0.4, 0.5) is 0 Å². The van der Waals surface area contributed by atoms with Crippen LogP contribution in [0, 0.1) is 0 Å². The molecule has 0 bridgehead atoms. The Labute approximate surface area is 139 Å². The summed E-state index contributed by atoms with van der Waals surface area (Å²) in [5.41, 5.74) is 0.681. The van der Waals surface area contributed by atoms with Crippen LogP contribution in [-0.4, -0.2) is 39.7 Å². The lowest BCUT2D eigenvalue weighted by atomic mass is 10.1. The van der Waals surface area contributed by atoms with Gasteiger partial charge in [0, 0.05) is 11.6 Å². The Morgan fingerprint density at radius 3 is 1.79 bits per heavy atom. The maximum absolute atomic E-state index is 12.1. The normalized spacial score (nSPS) is 9.96. The van der Waals surface area contributed by atoms with Crippen LogP contribution in [0.2, 0.25) is 0 Å². The summed E-state index contributed by atoms with van der Waals surface area (Å²) in [5, 5.41) is 0. The van der Waals surface area contributed by atoms with Gasteiger partial charge in [-0.3, -0.25) is 4.79 Å². The molecule has 0 aliphatic heterocycles. The summed E-state index contributed by atoms with van der Waals surface area (Å²) in [5.74, 6) is 0.632. The van der Waals surface area contributed by atoms with E-state index in [2.05, 4.69) is 0 Å². The number of methoxy groups -OCH3 is 3. The standard InChI is InChI=1S/C18H18O6/c1-21-14-6-4-12(5-7-14)17(19)11-24-18(20)13-8-15(22-2)10-16(9-13)23-3/h4-10H,11H2,1-3H3. The maximum atomic E-state index is 12.1. The van der Waals surface area contributed by atoms with Crippen molar-refractivity contribution in [1.29, 1.82) is 0 Å². The topological polar surface area (TPSA) is 71.1 Å². The van der Waals surface area contributed by atoms with Gasteiger partial charge in [-0.05, 0) is 36.4 Å². The lowest BCUT2D eigenvalue weighted by Crippen LogP contribution is -2.14. The molecular weight excluding hydrogens is 312 g/mol. The number of esters is 1. The zero-order valence-corrected chi connectivity index (χ0v) is 13.7. The average Bonchev–Trinajstić information content (AvgIpc) is 2.65. The van der Waals surface area contributed by atoms with Crippen LogP contribution in [0.15, 0.2) is 42.5 Å². The number of carbonyl (C=O) groups is 2. The average molecular weight is 330 g/mol. The number of carbonyl (C=O) groups excluding carboxylic acids is 2. The zero-order valence-electron chi connectivity index (χ0n) is 13.7. The van der Waals surface area contributed by atoms with E-state index >= 15 is 0 Å². The summed E-state index contributed by atoms with van der Waals surface area (Å²) in [6.07, 6.45) is 0. The van der Waals surface area contributed by atoms with E-state index in [1.807, 2.05) is 0 Å². The molecule has 126 valence electrons. The number of hydrogen-bond donors (Lipinski definition) is 0. The molecule has 6 nitrogen and oxygen atoms in total. The predicted octanol–water partition coefficient (Wildman–Crippen LogP) is 2.75. The summed E-state index contributed by atoms with van der Waals surface area (Å²) in [6.45, 7) is -0.356. The molecule has 0 unspecified atom stereocenters. The van der Waals surface area contributed by atoms with E-state index in [1.165, 1.54) is 26.4 Å². The van der Waals surface area contributed by atoms with Crippen LogP contribution in [0.5, 0.6) is 17.2 Å². The first-order valence-electron chi connectivity index (χ1n) is 7.15. The number of ether oxygens (including phenoxy) is 4. The Morgan fingerprint density at radius 2 is 1.29 bits per heavy atom. The number of rotatable bonds is 7. The molecule has 0 heterocycles. The Balaban J connectivity index is 2.02. The highest BCUT2D eigenvalue weighted by Gasteiger charge is 2.14. The molecule has 0 atom stereocenters. The van der Waals surface area contributed by atoms with Gasteiger partial charge in [-0.1, -0.05) is 0 Å². The van der Waals surface area contributed by atoms with E-state index in [0.717, 1.165) is 0 Å². The molecule has 24 heavy (non-hydrogen) atoms. The van der Waals surface area contributed by atoms with Gasteiger partial charge in [0.15, 0.2) is 12.4 Å². The number of benzene rings is 2. The molecule has 0 radical (unpaired) electrons. The second kappa shape index (κ2) is 8.01. The van der Waals surface area contributed by atoms with E-state index in [1.54, 1.807) is 37.4 Å². The van der Waals surface area contributed by atoms with E-state index in [0.29, 0.717) is 22.8 Å². The van der Waals surface area contributed by atoms with E-state index < -0.39 is 5.97 Å². The minimum atomic E-state index is -0.630. The van der Waals surface area contributed by atoms with Crippen LogP contribution < -0.4 is 14.2 Å². The highest BCUT2D eigenvalue weighted by atomic mass is 16.5. The fraction of sp³-hybridized carbons (Fsp3) is 0.222. The van der Waals surface area contributed by atoms with Crippen molar-refractivity contribution in [2.75, 3.05) is 27.9 Å². The fourth-order valence-electron chi connectivity index (χ4n) is 2.00. The molecule has 0 aliphatic carbocycles. The SMILES string of the molecule is COc1ccc(C(=O)COC(=O)c2cc(OC)cc(OC)c2)cc1. The molecule has 6 heteroatoms. The van der Waals surface area contributed by atoms with Gasteiger partial charge in [0.25, 0.3) is 0 Å². The third-order valence-electron chi connectivity index (χ3n) is 3.33. The summed E-state index contributed by atoms with van der Waals surface area (Å²) < 4.78 is 20.3. The van der Waals surface area contributed by atoms with Crippen LogP contribution >= 0.6 is 0 Å². The van der Waals surface area contributed by atoms with Crippen molar-refractivity contribution in [3.63, 3.8) is 0 Å². The van der Waals surface area contributed by atoms with Crippen molar-refractivity contribution in [2.24, 2.45) is 0 Å². The van der Waals surface area contributed by atoms with Crippen LogP contribution in [-0.2, 0) is 4.74 Å². The zero-order chi connectivity index (χ0) is 17.5. The van der Waals surface area contributed by atoms with Crippen molar-refractivity contribution in [3.8, 4) is 17.2 Å². The minimum absolute atomic E-state index is 0.244. The second-order valence-corrected chi connectivity index (χ2v) is 4.83. The molecule has 2 rings (SSSR count). The molecule has 0 aliphatic rings.